The van der Waals surface area contributed by atoms with Crippen LogP contribution < -0.4 is 5.32 Å². The first-order valence-electron chi connectivity index (χ1n) is 10.6. The predicted molar refractivity (Wildman–Crippen MR) is 125 cm³/mol. The van der Waals surface area contributed by atoms with E-state index in [0.29, 0.717) is 5.56 Å². The highest BCUT2D eigenvalue weighted by Gasteiger charge is 2.31. The molecule has 0 saturated heterocycles. The molecule has 9 heteroatoms. The molecule has 2 aromatic rings. The third kappa shape index (κ3) is 7.36. The summed E-state index contributed by atoms with van der Waals surface area (Å²) in [5.41, 5.74) is 1.02. The number of aryl methyl sites for hydroxylation is 1. The summed E-state index contributed by atoms with van der Waals surface area (Å²) in [5, 5.41) is 2.84. The lowest BCUT2D eigenvalue weighted by atomic mass is 10.1. The van der Waals surface area contributed by atoms with Gasteiger partial charge in [0.1, 0.15) is 11.9 Å². The molecule has 0 spiro atoms. The molecule has 2 rings (SSSR count). The second kappa shape index (κ2) is 10.4. The Kier molecular flexibility index (Phi) is 8.37. The molecule has 7 nitrogen and oxygen atoms in total. The number of amides is 2. The van der Waals surface area contributed by atoms with E-state index in [1.54, 1.807) is 19.1 Å². The number of hydrogen-bond donors (Lipinski definition) is 1. The Labute approximate surface area is 195 Å². The molecule has 180 valence electrons. The van der Waals surface area contributed by atoms with Gasteiger partial charge in [0.05, 0.1) is 11.4 Å². The Balaban J connectivity index is 2.28. The first kappa shape index (κ1) is 26.5. The van der Waals surface area contributed by atoms with Crippen molar-refractivity contribution in [1.82, 2.24) is 14.5 Å². The molecule has 0 unspecified atom stereocenters. The van der Waals surface area contributed by atoms with Crippen LogP contribution in [0.1, 0.15) is 38.8 Å². The lowest BCUT2D eigenvalue weighted by molar-refractivity contribution is -0.141. The molecule has 2 aromatic carbocycles. The number of nitrogens with one attached hydrogen (secondary N) is 1. The molecule has 1 N–H and O–H groups in total. The van der Waals surface area contributed by atoms with Crippen LogP contribution in [0.5, 0.6) is 0 Å². The topological polar surface area (TPSA) is 86.8 Å². The van der Waals surface area contributed by atoms with Gasteiger partial charge in [-0.15, -0.1) is 0 Å². The SMILES string of the molecule is Cc1ccc(S(=O)(=O)N(C)CC(=O)N(Cc2ccc(F)cc2)[C@H](C)C(=O)NC(C)(C)C)cc1. The van der Waals surface area contributed by atoms with Crippen LogP contribution >= 0.6 is 0 Å². The molecule has 0 aliphatic carbocycles. The monoisotopic (exact) mass is 477 g/mol. The van der Waals surface area contributed by atoms with Gasteiger partial charge in [-0.3, -0.25) is 9.59 Å². The van der Waals surface area contributed by atoms with Gasteiger partial charge in [0.2, 0.25) is 21.8 Å². The third-order valence-electron chi connectivity index (χ3n) is 5.02. The van der Waals surface area contributed by atoms with E-state index < -0.39 is 39.9 Å². The van der Waals surface area contributed by atoms with Crippen molar-refractivity contribution in [1.29, 1.82) is 0 Å². The fourth-order valence-electron chi connectivity index (χ4n) is 3.10. The van der Waals surface area contributed by atoms with Crippen molar-refractivity contribution in [2.75, 3.05) is 13.6 Å². The summed E-state index contributed by atoms with van der Waals surface area (Å²) >= 11 is 0. The van der Waals surface area contributed by atoms with Crippen LogP contribution in [0.2, 0.25) is 0 Å². The van der Waals surface area contributed by atoms with Crippen LogP contribution in [-0.2, 0) is 26.2 Å². The number of halogens is 1. The molecular weight excluding hydrogens is 445 g/mol. The van der Waals surface area contributed by atoms with Gasteiger partial charge in [-0.2, -0.15) is 4.31 Å². The van der Waals surface area contributed by atoms with Gasteiger partial charge in [-0.1, -0.05) is 29.8 Å². The maximum atomic E-state index is 13.3. The highest BCUT2D eigenvalue weighted by molar-refractivity contribution is 7.89. The lowest BCUT2D eigenvalue weighted by Gasteiger charge is -2.32. The van der Waals surface area contributed by atoms with Crippen molar-refractivity contribution < 1.29 is 22.4 Å². The van der Waals surface area contributed by atoms with E-state index in [1.165, 1.54) is 48.3 Å². The molecule has 0 bridgehead atoms. The van der Waals surface area contributed by atoms with E-state index in [0.717, 1.165) is 9.87 Å². The predicted octanol–water partition coefficient (Wildman–Crippen LogP) is 3.09. The number of rotatable bonds is 8. The zero-order valence-corrected chi connectivity index (χ0v) is 20.7. The minimum Gasteiger partial charge on any atom is -0.350 e. The van der Waals surface area contributed by atoms with Gasteiger partial charge in [0.25, 0.3) is 0 Å². The average Bonchev–Trinajstić information content (AvgIpc) is 2.71. The standard InChI is InChI=1S/C24H32FN3O4S/c1-17-7-13-21(14-8-17)33(31,32)27(6)16-22(29)28(15-19-9-11-20(25)12-10-19)18(2)23(30)26-24(3,4)5/h7-14,18H,15-16H2,1-6H3,(H,26,30)/t18-/m1/s1. The van der Waals surface area contributed by atoms with E-state index in [4.69, 9.17) is 0 Å². The Morgan fingerprint density at radius 1 is 1.03 bits per heavy atom. The minimum atomic E-state index is -3.90. The van der Waals surface area contributed by atoms with Crippen LogP contribution in [0, 0.1) is 12.7 Å². The molecule has 2 amide bonds. The number of nitrogens with zero attached hydrogens (tertiary/aromatic N) is 2. The van der Waals surface area contributed by atoms with Crippen molar-refractivity contribution >= 4 is 21.8 Å². The van der Waals surface area contributed by atoms with Gasteiger partial charge in [0.15, 0.2) is 0 Å². The quantitative estimate of drug-likeness (QED) is 0.633. The smallest absolute Gasteiger partial charge is 0.243 e. The zero-order valence-electron chi connectivity index (χ0n) is 19.9. The summed E-state index contributed by atoms with van der Waals surface area (Å²) in [6.07, 6.45) is 0. The van der Waals surface area contributed by atoms with E-state index in [9.17, 15) is 22.4 Å². The van der Waals surface area contributed by atoms with Gasteiger partial charge in [-0.25, -0.2) is 12.8 Å². The second-order valence-electron chi connectivity index (χ2n) is 9.14. The van der Waals surface area contributed by atoms with Crippen molar-refractivity contribution in [3.8, 4) is 0 Å². The Morgan fingerprint density at radius 3 is 2.09 bits per heavy atom. The molecule has 0 fully saturated rings. The summed E-state index contributed by atoms with van der Waals surface area (Å²) in [6.45, 7) is 8.47. The maximum Gasteiger partial charge on any atom is 0.243 e. The fourth-order valence-corrected chi connectivity index (χ4v) is 4.22. The lowest BCUT2D eigenvalue weighted by Crippen LogP contribution is -2.54. The molecule has 0 heterocycles. The highest BCUT2D eigenvalue weighted by Crippen LogP contribution is 2.17. The molecule has 33 heavy (non-hydrogen) atoms. The van der Waals surface area contributed by atoms with Crippen LogP contribution in [0.4, 0.5) is 4.39 Å². The first-order chi connectivity index (χ1) is 15.2. The van der Waals surface area contributed by atoms with E-state index in [2.05, 4.69) is 5.32 Å². The van der Waals surface area contributed by atoms with Gasteiger partial charge in [0, 0.05) is 19.1 Å². The number of hydrogen-bond acceptors (Lipinski definition) is 4. The fraction of sp³-hybridized carbons (Fsp3) is 0.417. The average molecular weight is 478 g/mol. The summed E-state index contributed by atoms with van der Waals surface area (Å²) in [6, 6.07) is 11.1. The largest absolute Gasteiger partial charge is 0.350 e. The number of carbonyl (C=O) groups excluding carboxylic acids is 2. The summed E-state index contributed by atoms with van der Waals surface area (Å²) in [5.74, 6) is -1.34. The molecule has 0 aromatic heterocycles. The van der Waals surface area contributed by atoms with Crippen LogP contribution in [0.15, 0.2) is 53.4 Å². The highest BCUT2D eigenvalue weighted by atomic mass is 32.2. The number of likely N-dealkylation sites (N-methyl/N-ethyl adjacent to an activating group) is 1. The van der Waals surface area contributed by atoms with E-state index in [1.807, 2.05) is 27.7 Å². The Bertz CT molecular complexity index is 1080. The van der Waals surface area contributed by atoms with Crippen molar-refractivity contribution in [2.45, 2.75) is 57.6 Å². The van der Waals surface area contributed by atoms with Gasteiger partial charge >= 0.3 is 0 Å². The molecule has 0 radical (unpaired) electrons. The minimum absolute atomic E-state index is 0.0241. The van der Waals surface area contributed by atoms with Crippen LogP contribution in [0.25, 0.3) is 0 Å². The summed E-state index contributed by atoms with van der Waals surface area (Å²) < 4.78 is 40.1. The summed E-state index contributed by atoms with van der Waals surface area (Å²) in [7, 11) is -2.58. The summed E-state index contributed by atoms with van der Waals surface area (Å²) in [4.78, 5) is 27.4. The van der Waals surface area contributed by atoms with Crippen molar-refractivity contribution in [3.05, 3.63) is 65.5 Å². The first-order valence-corrected chi connectivity index (χ1v) is 12.0. The second-order valence-corrected chi connectivity index (χ2v) is 11.2. The third-order valence-corrected chi connectivity index (χ3v) is 6.84. The molecule has 0 aliphatic heterocycles. The van der Waals surface area contributed by atoms with Crippen molar-refractivity contribution in [2.24, 2.45) is 0 Å². The van der Waals surface area contributed by atoms with Gasteiger partial charge < -0.3 is 10.2 Å². The maximum absolute atomic E-state index is 13.3. The zero-order chi connectivity index (χ0) is 25.0. The Hall–Kier alpha value is -2.78. The number of benzene rings is 2. The van der Waals surface area contributed by atoms with E-state index >= 15 is 0 Å². The molecular formula is C24H32FN3O4S. The normalized spacial score (nSPS) is 13.0. The Morgan fingerprint density at radius 2 is 1.58 bits per heavy atom. The van der Waals surface area contributed by atoms with Gasteiger partial charge in [-0.05, 0) is 64.4 Å². The van der Waals surface area contributed by atoms with Crippen LogP contribution in [0.3, 0.4) is 0 Å². The molecule has 1 atom stereocenters. The molecule has 0 aliphatic rings. The number of carbonyl (C=O) groups is 2. The van der Waals surface area contributed by atoms with Crippen LogP contribution in [-0.4, -0.2) is 54.6 Å². The number of sulfonamides is 1. The molecule has 0 saturated carbocycles. The van der Waals surface area contributed by atoms with Crippen molar-refractivity contribution in [3.63, 3.8) is 0 Å². The van der Waals surface area contributed by atoms with E-state index in [-0.39, 0.29) is 17.3 Å².